The molecule has 0 amide bonds. The van der Waals surface area contributed by atoms with E-state index in [9.17, 15) is 0 Å². The molecule has 1 heterocycles. The van der Waals surface area contributed by atoms with Crippen molar-refractivity contribution >= 4 is 0 Å². The van der Waals surface area contributed by atoms with Crippen molar-refractivity contribution in [1.82, 2.24) is 10.3 Å². The fourth-order valence-electron chi connectivity index (χ4n) is 2.08. The first-order valence-electron chi connectivity index (χ1n) is 6.55. The van der Waals surface area contributed by atoms with E-state index in [4.69, 9.17) is 4.74 Å². The SMILES string of the molecule is CCNCc1cc(-c2ccnc(C)c2)ccc1OC. The van der Waals surface area contributed by atoms with E-state index in [2.05, 4.69) is 35.4 Å². The molecule has 0 fully saturated rings. The molecule has 1 aromatic carbocycles. The molecule has 0 saturated heterocycles. The van der Waals surface area contributed by atoms with Gasteiger partial charge in [-0.25, -0.2) is 0 Å². The lowest BCUT2D eigenvalue weighted by Gasteiger charge is -2.11. The standard InChI is InChI=1S/C16H20N2O/c1-4-17-11-15-10-13(5-6-16(15)19-3)14-7-8-18-12(2)9-14/h5-10,17H,4,11H2,1-3H3. The van der Waals surface area contributed by atoms with Crippen molar-refractivity contribution in [2.45, 2.75) is 20.4 Å². The van der Waals surface area contributed by atoms with Gasteiger partial charge in [0.15, 0.2) is 0 Å². The van der Waals surface area contributed by atoms with Crippen LogP contribution in [-0.4, -0.2) is 18.6 Å². The van der Waals surface area contributed by atoms with Crippen molar-refractivity contribution in [3.8, 4) is 16.9 Å². The first-order valence-corrected chi connectivity index (χ1v) is 6.55. The van der Waals surface area contributed by atoms with Crippen LogP contribution >= 0.6 is 0 Å². The lowest BCUT2D eigenvalue weighted by Crippen LogP contribution is -2.12. The largest absolute Gasteiger partial charge is 0.496 e. The second-order valence-corrected chi connectivity index (χ2v) is 4.49. The topological polar surface area (TPSA) is 34.2 Å². The number of hydrogen-bond donors (Lipinski definition) is 1. The van der Waals surface area contributed by atoms with Gasteiger partial charge < -0.3 is 10.1 Å². The molecule has 2 aromatic rings. The highest BCUT2D eigenvalue weighted by Gasteiger charge is 2.06. The molecule has 0 saturated carbocycles. The number of rotatable bonds is 5. The Morgan fingerprint density at radius 1 is 1.16 bits per heavy atom. The van der Waals surface area contributed by atoms with Crippen LogP contribution in [0.1, 0.15) is 18.2 Å². The van der Waals surface area contributed by atoms with Gasteiger partial charge in [0.2, 0.25) is 0 Å². The molecule has 0 unspecified atom stereocenters. The molecular formula is C16H20N2O. The average Bonchev–Trinajstić information content (AvgIpc) is 2.44. The Hall–Kier alpha value is -1.87. The predicted octanol–water partition coefficient (Wildman–Crippen LogP) is 3.18. The third-order valence-corrected chi connectivity index (χ3v) is 3.08. The highest BCUT2D eigenvalue weighted by Crippen LogP contribution is 2.26. The van der Waals surface area contributed by atoms with E-state index in [1.165, 1.54) is 16.7 Å². The molecule has 0 atom stereocenters. The van der Waals surface area contributed by atoms with Gasteiger partial charge in [-0.1, -0.05) is 13.0 Å². The summed E-state index contributed by atoms with van der Waals surface area (Å²) in [5.74, 6) is 0.926. The number of nitrogens with one attached hydrogen (secondary N) is 1. The van der Waals surface area contributed by atoms with Gasteiger partial charge in [-0.15, -0.1) is 0 Å². The number of nitrogens with zero attached hydrogens (tertiary/aromatic N) is 1. The Bertz CT molecular complexity index is 552. The predicted molar refractivity (Wildman–Crippen MR) is 78.3 cm³/mol. The maximum Gasteiger partial charge on any atom is 0.123 e. The molecule has 3 heteroatoms. The fraction of sp³-hybridized carbons (Fsp3) is 0.312. The van der Waals surface area contributed by atoms with Crippen LogP contribution in [0.4, 0.5) is 0 Å². The monoisotopic (exact) mass is 256 g/mol. The van der Waals surface area contributed by atoms with E-state index < -0.39 is 0 Å². The van der Waals surface area contributed by atoms with Crippen LogP contribution < -0.4 is 10.1 Å². The van der Waals surface area contributed by atoms with E-state index in [1.54, 1.807) is 7.11 Å². The first-order chi connectivity index (χ1) is 9.24. The van der Waals surface area contributed by atoms with Crippen LogP contribution in [0.25, 0.3) is 11.1 Å². The summed E-state index contributed by atoms with van der Waals surface area (Å²) in [6, 6.07) is 10.4. The first kappa shape index (κ1) is 13.6. The molecule has 19 heavy (non-hydrogen) atoms. The summed E-state index contributed by atoms with van der Waals surface area (Å²) in [5.41, 5.74) is 4.59. The highest BCUT2D eigenvalue weighted by atomic mass is 16.5. The summed E-state index contributed by atoms with van der Waals surface area (Å²) in [6.45, 7) is 5.87. The number of pyridine rings is 1. The molecule has 0 bridgehead atoms. The minimum absolute atomic E-state index is 0.817. The van der Waals surface area contributed by atoms with E-state index >= 15 is 0 Å². The van der Waals surface area contributed by atoms with Crippen molar-refractivity contribution in [3.63, 3.8) is 0 Å². The van der Waals surface area contributed by atoms with Gasteiger partial charge >= 0.3 is 0 Å². The van der Waals surface area contributed by atoms with Gasteiger partial charge in [0.05, 0.1) is 7.11 Å². The summed E-state index contributed by atoms with van der Waals surface area (Å²) >= 11 is 0. The normalized spacial score (nSPS) is 10.5. The zero-order chi connectivity index (χ0) is 13.7. The zero-order valence-corrected chi connectivity index (χ0v) is 11.7. The third-order valence-electron chi connectivity index (χ3n) is 3.08. The van der Waals surface area contributed by atoms with Gasteiger partial charge in [0.1, 0.15) is 5.75 Å². The maximum atomic E-state index is 5.40. The minimum atomic E-state index is 0.817. The fourth-order valence-corrected chi connectivity index (χ4v) is 2.08. The van der Waals surface area contributed by atoms with Crippen molar-refractivity contribution < 1.29 is 4.74 Å². The average molecular weight is 256 g/mol. The number of ether oxygens (including phenoxy) is 1. The molecule has 1 aromatic heterocycles. The summed E-state index contributed by atoms with van der Waals surface area (Å²) in [5, 5.41) is 3.34. The number of methoxy groups -OCH3 is 1. The summed E-state index contributed by atoms with van der Waals surface area (Å²) in [6.07, 6.45) is 1.85. The Morgan fingerprint density at radius 2 is 1.95 bits per heavy atom. The lowest BCUT2D eigenvalue weighted by atomic mass is 10.0. The van der Waals surface area contributed by atoms with Crippen molar-refractivity contribution in [3.05, 3.63) is 47.8 Å². The van der Waals surface area contributed by atoms with Crippen molar-refractivity contribution in [1.29, 1.82) is 0 Å². The number of aromatic nitrogens is 1. The van der Waals surface area contributed by atoms with E-state index in [0.29, 0.717) is 0 Å². The van der Waals surface area contributed by atoms with Gasteiger partial charge in [0, 0.05) is 24.0 Å². The Balaban J connectivity index is 2.36. The second kappa shape index (κ2) is 6.34. The van der Waals surface area contributed by atoms with E-state index in [-0.39, 0.29) is 0 Å². The van der Waals surface area contributed by atoms with E-state index in [0.717, 1.165) is 24.5 Å². The van der Waals surface area contributed by atoms with Crippen LogP contribution in [-0.2, 0) is 6.54 Å². The molecule has 0 radical (unpaired) electrons. The summed E-state index contributed by atoms with van der Waals surface area (Å²) in [4.78, 5) is 4.23. The van der Waals surface area contributed by atoms with E-state index in [1.807, 2.05) is 25.3 Å². The van der Waals surface area contributed by atoms with Crippen LogP contribution in [0.5, 0.6) is 5.75 Å². The molecule has 100 valence electrons. The van der Waals surface area contributed by atoms with Crippen molar-refractivity contribution in [2.24, 2.45) is 0 Å². The summed E-state index contributed by atoms with van der Waals surface area (Å²) < 4.78 is 5.40. The zero-order valence-electron chi connectivity index (χ0n) is 11.7. The molecule has 3 nitrogen and oxygen atoms in total. The number of aryl methyl sites for hydroxylation is 1. The molecule has 2 rings (SSSR count). The molecule has 0 aliphatic carbocycles. The quantitative estimate of drug-likeness (QED) is 0.892. The molecule has 0 aliphatic rings. The van der Waals surface area contributed by atoms with Gasteiger partial charge in [-0.05, 0) is 48.9 Å². The highest BCUT2D eigenvalue weighted by molar-refractivity contribution is 5.65. The smallest absolute Gasteiger partial charge is 0.123 e. The second-order valence-electron chi connectivity index (χ2n) is 4.49. The van der Waals surface area contributed by atoms with Gasteiger partial charge in [-0.3, -0.25) is 4.98 Å². The molecule has 1 N–H and O–H groups in total. The number of hydrogen-bond acceptors (Lipinski definition) is 3. The molecular weight excluding hydrogens is 236 g/mol. The third kappa shape index (κ3) is 3.32. The van der Waals surface area contributed by atoms with Gasteiger partial charge in [-0.2, -0.15) is 0 Å². The molecule has 0 spiro atoms. The van der Waals surface area contributed by atoms with Gasteiger partial charge in [0.25, 0.3) is 0 Å². The van der Waals surface area contributed by atoms with Crippen LogP contribution in [0, 0.1) is 6.92 Å². The minimum Gasteiger partial charge on any atom is -0.496 e. The van der Waals surface area contributed by atoms with Crippen molar-refractivity contribution in [2.75, 3.05) is 13.7 Å². The Kier molecular flexibility index (Phi) is 4.53. The maximum absolute atomic E-state index is 5.40. The van der Waals surface area contributed by atoms with Crippen LogP contribution in [0.15, 0.2) is 36.5 Å². The van der Waals surface area contributed by atoms with Crippen LogP contribution in [0.2, 0.25) is 0 Å². The lowest BCUT2D eigenvalue weighted by molar-refractivity contribution is 0.408. The summed E-state index contributed by atoms with van der Waals surface area (Å²) in [7, 11) is 1.71. The Labute approximate surface area is 114 Å². The van der Waals surface area contributed by atoms with Crippen LogP contribution in [0.3, 0.4) is 0 Å². The molecule has 0 aliphatic heterocycles. The number of benzene rings is 1. The Morgan fingerprint density at radius 3 is 2.63 bits per heavy atom.